The van der Waals surface area contributed by atoms with E-state index in [2.05, 4.69) is 6.92 Å². The van der Waals surface area contributed by atoms with Crippen LogP contribution in [0.5, 0.6) is 0 Å². The molecule has 0 spiro atoms. The molecule has 0 atom stereocenters. The third-order valence-corrected chi connectivity index (χ3v) is 1.79. The van der Waals surface area contributed by atoms with Crippen molar-refractivity contribution in [3.63, 3.8) is 0 Å². The molecule has 0 saturated carbocycles. The predicted molar refractivity (Wildman–Crippen MR) is 57.1 cm³/mol. The highest BCUT2D eigenvalue weighted by Crippen LogP contribution is 1.95. The Morgan fingerprint density at radius 3 is 2.31 bits per heavy atom. The molecule has 1 aromatic rings. The Morgan fingerprint density at radius 1 is 1.23 bits per heavy atom. The Bertz CT molecular complexity index is 288. The molecule has 0 unspecified atom stereocenters. The molecule has 2 nitrogen and oxygen atoms in total. The van der Waals surface area contributed by atoms with Crippen molar-refractivity contribution in [2.45, 2.75) is 40.7 Å². The lowest BCUT2D eigenvalue weighted by Gasteiger charge is -2.02. The molecule has 0 amide bonds. The van der Waals surface area contributed by atoms with E-state index >= 15 is 0 Å². The van der Waals surface area contributed by atoms with E-state index in [4.69, 9.17) is 0 Å². The van der Waals surface area contributed by atoms with Crippen LogP contribution in [-0.4, -0.2) is 4.57 Å². The Labute approximate surface area is 80.2 Å². The summed E-state index contributed by atoms with van der Waals surface area (Å²) in [5.74, 6) is 0. The largest absolute Gasteiger partial charge is 0.316 e. The molecule has 1 rings (SSSR count). The second kappa shape index (κ2) is 6.46. The Balaban J connectivity index is 0.000000671. The van der Waals surface area contributed by atoms with E-state index in [1.54, 1.807) is 10.6 Å². The maximum Gasteiger partial charge on any atom is 0.250 e. The summed E-state index contributed by atoms with van der Waals surface area (Å²) >= 11 is 0. The number of rotatable bonds is 2. The maximum atomic E-state index is 11.1. The lowest BCUT2D eigenvalue weighted by atomic mass is 10.2. The van der Waals surface area contributed by atoms with Crippen molar-refractivity contribution in [2.75, 3.05) is 0 Å². The molecule has 0 aliphatic carbocycles. The van der Waals surface area contributed by atoms with Crippen LogP contribution in [0.15, 0.2) is 23.1 Å². The van der Waals surface area contributed by atoms with Gasteiger partial charge in [0, 0.05) is 18.8 Å². The van der Waals surface area contributed by atoms with Crippen molar-refractivity contribution in [3.8, 4) is 0 Å². The van der Waals surface area contributed by atoms with Gasteiger partial charge in [-0.3, -0.25) is 4.79 Å². The second-order valence-electron chi connectivity index (χ2n) is 2.52. The van der Waals surface area contributed by atoms with Crippen molar-refractivity contribution in [1.29, 1.82) is 0 Å². The van der Waals surface area contributed by atoms with Crippen LogP contribution in [0.4, 0.5) is 0 Å². The van der Waals surface area contributed by atoms with Gasteiger partial charge in [-0.05, 0) is 18.9 Å². The van der Waals surface area contributed by atoms with Crippen LogP contribution in [0.3, 0.4) is 0 Å². The van der Waals surface area contributed by atoms with Gasteiger partial charge in [0.25, 0.3) is 5.56 Å². The Morgan fingerprint density at radius 2 is 1.85 bits per heavy atom. The van der Waals surface area contributed by atoms with Gasteiger partial charge >= 0.3 is 0 Å². The Kier molecular flexibility index (Phi) is 5.94. The van der Waals surface area contributed by atoms with Crippen LogP contribution in [0.1, 0.15) is 33.3 Å². The van der Waals surface area contributed by atoms with Crippen molar-refractivity contribution >= 4 is 0 Å². The van der Waals surface area contributed by atoms with Crippen molar-refractivity contribution in [1.82, 2.24) is 4.57 Å². The topological polar surface area (TPSA) is 22.0 Å². The van der Waals surface area contributed by atoms with Gasteiger partial charge in [-0.25, -0.2) is 0 Å². The summed E-state index contributed by atoms with van der Waals surface area (Å²) in [6.07, 6.45) is 2.91. The molecule has 0 saturated heterocycles. The van der Waals surface area contributed by atoms with E-state index in [0.29, 0.717) is 0 Å². The fourth-order valence-corrected chi connectivity index (χ4v) is 1.04. The number of pyridine rings is 1. The molecule has 1 heterocycles. The van der Waals surface area contributed by atoms with Gasteiger partial charge in [-0.2, -0.15) is 0 Å². The third-order valence-electron chi connectivity index (χ3n) is 1.79. The first-order valence-corrected chi connectivity index (χ1v) is 4.97. The number of nitrogens with zero attached hydrogens (tertiary/aromatic N) is 1. The summed E-state index contributed by atoms with van der Waals surface area (Å²) < 4.78 is 1.72. The molecule has 0 N–H and O–H groups in total. The van der Waals surface area contributed by atoms with Crippen LogP contribution in [-0.2, 0) is 13.0 Å². The van der Waals surface area contributed by atoms with E-state index in [1.807, 2.05) is 33.0 Å². The normalized spacial score (nSPS) is 8.92. The number of aryl methyl sites for hydroxylation is 2. The first-order chi connectivity index (χ1) is 6.27. The zero-order valence-electron chi connectivity index (χ0n) is 9.00. The smallest absolute Gasteiger partial charge is 0.250 e. The van der Waals surface area contributed by atoms with E-state index in [-0.39, 0.29) is 5.56 Å². The summed E-state index contributed by atoms with van der Waals surface area (Å²) in [5.41, 5.74) is 1.30. The highest BCUT2D eigenvalue weighted by molar-refractivity contribution is 5.09. The molecule has 0 aliphatic rings. The number of hydrogen-bond donors (Lipinski definition) is 0. The molecular formula is C11H19NO. The van der Waals surface area contributed by atoms with Crippen LogP contribution in [0.2, 0.25) is 0 Å². The van der Waals surface area contributed by atoms with Crippen molar-refractivity contribution in [2.24, 2.45) is 0 Å². The summed E-state index contributed by atoms with van der Waals surface area (Å²) in [5, 5.41) is 0. The van der Waals surface area contributed by atoms with Gasteiger partial charge in [0.1, 0.15) is 0 Å². The highest BCUT2D eigenvalue weighted by atomic mass is 16.1. The molecule has 0 aromatic carbocycles. The first kappa shape index (κ1) is 11.9. The zero-order valence-corrected chi connectivity index (χ0v) is 9.00. The fraction of sp³-hybridized carbons (Fsp3) is 0.545. The van der Waals surface area contributed by atoms with Gasteiger partial charge in [0.05, 0.1) is 0 Å². The van der Waals surface area contributed by atoms with Gasteiger partial charge < -0.3 is 4.57 Å². The van der Waals surface area contributed by atoms with Crippen LogP contribution < -0.4 is 5.56 Å². The molecule has 0 fully saturated rings. The van der Waals surface area contributed by atoms with Crippen LogP contribution in [0.25, 0.3) is 0 Å². The first-order valence-electron chi connectivity index (χ1n) is 4.97. The van der Waals surface area contributed by atoms with Gasteiger partial charge in [-0.15, -0.1) is 0 Å². The molecule has 2 heteroatoms. The predicted octanol–water partition coefficient (Wildman–Crippen LogP) is 2.46. The highest BCUT2D eigenvalue weighted by Gasteiger charge is 1.93. The van der Waals surface area contributed by atoms with Gasteiger partial charge in [0.15, 0.2) is 0 Å². The zero-order chi connectivity index (χ0) is 10.3. The third kappa shape index (κ3) is 3.45. The lowest BCUT2D eigenvalue weighted by Crippen LogP contribution is -2.17. The average Bonchev–Trinajstić information content (AvgIpc) is 2.22. The fourth-order valence-electron chi connectivity index (χ4n) is 1.04. The van der Waals surface area contributed by atoms with Crippen molar-refractivity contribution < 1.29 is 0 Å². The minimum Gasteiger partial charge on any atom is -0.316 e. The van der Waals surface area contributed by atoms with E-state index in [0.717, 1.165) is 13.0 Å². The van der Waals surface area contributed by atoms with E-state index in [9.17, 15) is 4.79 Å². The Hall–Kier alpha value is -1.05. The van der Waals surface area contributed by atoms with E-state index < -0.39 is 0 Å². The van der Waals surface area contributed by atoms with Gasteiger partial charge in [0.2, 0.25) is 0 Å². The average molecular weight is 181 g/mol. The van der Waals surface area contributed by atoms with Crippen LogP contribution >= 0.6 is 0 Å². The molecule has 74 valence electrons. The molecule has 0 bridgehead atoms. The van der Waals surface area contributed by atoms with Gasteiger partial charge in [-0.1, -0.05) is 26.8 Å². The number of hydrogen-bond acceptors (Lipinski definition) is 1. The van der Waals surface area contributed by atoms with Crippen LogP contribution in [0, 0.1) is 0 Å². The minimum atomic E-state index is 0.0877. The summed E-state index contributed by atoms with van der Waals surface area (Å²) in [4.78, 5) is 11.1. The summed E-state index contributed by atoms with van der Waals surface area (Å²) in [6, 6.07) is 3.51. The molecule has 1 aromatic heterocycles. The summed E-state index contributed by atoms with van der Waals surface area (Å²) in [6.45, 7) is 8.81. The second-order valence-corrected chi connectivity index (χ2v) is 2.52. The molecule has 0 radical (unpaired) electrons. The van der Waals surface area contributed by atoms with Crippen molar-refractivity contribution in [3.05, 3.63) is 34.2 Å². The maximum absolute atomic E-state index is 11.1. The molecule has 0 aliphatic heterocycles. The number of aromatic nitrogens is 1. The minimum absolute atomic E-state index is 0.0877. The SMILES string of the molecule is CC.CCc1ccc(=O)n(CC)c1. The standard InChI is InChI=1S/C9H13NO.C2H6/c1-3-8-5-6-9(11)10(4-2)7-8;1-2/h5-7H,3-4H2,1-2H3;1-2H3. The lowest BCUT2D eigenvalue weighted by molar-refractivity contribution is 0.719. The summed E-state index contributed by atoms with van der Waals surface area (Å²) in [7, 11) is 0. The molecular weight excluding hydrogens is 162 g/mol. The molecule has 13 heavy (non-hydrogen) atoms. The van der Waals surface area contributed by atoms with E-state index in [1.165, 1.54) is 5.56 Å². The quantitative estimate of drug-likeness (QED) is 0.687. The monoisotopic (exact) mass is 181 g/mol.